The van der Waals surface area contributed by atoms with Gasteiger partial charge in [-0.3, -0.25) is 4.79 Å². The fraction of sp³-hybridized carbons (Fsp3) is 0.556. The first-order valence-electron chi connectivity index (χ1n) is 5.04. The number of aliphatic carboxylic acids is 1. The maximum atomic E-state index is 11.7. The van der Waals surface area contributed by atoms with Crippen LogP contribution in [-0.2, 0) is 20.6 Å². The molecule has 0 aliphatic carbocycles. The molecule has 0 spiro atoms. The van der Waals surface area contributed by atoms with E-state index in [1.165, 1.54) is 13.0 Å². The van der Waals surface area contributed by atoms with Crippen LogP contribution in [0.25, 0.3) is 0 Å². The zero-order chi connectivity index (χ0) is 13.9. The Labute approximate surface area is 104 Å². The van der Waals surface area contributed by atoms with Gasteiger partial charge in [0.2, 0.25) is 10.0 Å². The van der Waals surface area contributed by atoms with Crippen molar-refractivity contribution in [2.24, 2.45) is 0 Å². The van der Waals surface area contributed by atoms with E-state index in [4.69, 9.17) is 9.63 Å². The van der Waals surface area contributed by atoms with Crippen molar-refractivity contribution in [1.82, 2.24) is 9.88 Å². The molecule has 0 radical (unpaired) electrons. The second-order valence-electron chi connectivity index (χ2n) is 3.86. The highest BCUT2D eigenvalue weighted by Crippen LogP contribution is 2.07. The Morgan fingerprint density at radius 1 is 1.61 bits per heavy atom. The summed E-state index contributed by atoms with van der Waals surface area (Å²) in [6, 6.07) is -0.166. The third-order valence-electron chi connectivity index (χ3n) is 2.07. The third kappa shape index (κ3) is 4.09. The van der Waals surface area contributed by atoms with Gasteiger partial charge in [0.15, 0.2) is 0 Å². The normalized spacial score (nSPS) is 15.3. The Bertz CT molecular complexity index is 521. The minimum absolute atomic E-state index is 0.162. The lowest BCUT2D eigenvalue weighted by atomic mass is 10.2. The van der Waals surface area contributed by atoms with E-state index in [0.29, 0.717) is 5.76 Å². The number of carbonyl (C=O) groups is 1. The lowest BCUT2D eigenvalue weighted by molar-refractivity contribution is -0.141. The predicted molar refractivity (Wildman–Crippen MR) is 60.1 cm³/mol. The van der Waals surface area contributed by atoms with Crippen LogP contribution in [0.4, 0.5) is 0 Å². The van der Waals surface area contributed by atoms with E-state index in [1.807, 2.05) is 4.72 Å². The van der Waals surface area contributed by atoms with Gasteiger partial charge in [-0.05, 0) is 13.8 Å². The molecule has 1 rings (SSSR count). The van der Waals surface area contributed by atoms with Crippen molar-refractivity contribution in [3.63, 3.8) is 0 Å². The van der Waals surface area contributed by atoms with Crippen molar-refractivity contribution in [2.75, 3.05) is 0 Å². The summed E-state index contributed by atoms with van der Waals surface area (Å²) < 4.78 is 29.9. The molecule has 0 aromatic carbocycles. The summed E-state index contributed by atoms with van der Waals surface area (Å²) in [5, 5.41) is 21.4. The van der Waals surface area contributed by atoms with Crippen molar-refractivity contribution in [1.29, 1.82) is 0 Å². The van der Waals surface area contributed by atoms with Crippen LogP contribution in [0.1, 0.15) is 18.4 Å². The first-order chi connectivity index (χ1) is 8.21. The summed E-state index contributed by atoms with van der Waals surface area (Å²) in [5.41, 5.74) is 0.162. The number of aryl methyl sites for hydroxylation is 1. The van der Waals surface area contributed by atoms with Crippen LogP contribution in [0, 0.1) is 6.92 Å². The van der Waals surface area contributed by atoms with Gasteiger partial charge in [0, 0.05) is 6.07 Å². The fourth-order valence-corrected chi connectivity index (χ4v) is 2.56. The van der Waals surface area contributed by atoms with Crippen LogP contribution in [0.15, 0.2) is 10.6 Å². The molecule has 8 nitrogen and oxygen atoms in total. The number of carboxylic acids is 1. The van der Waals surface area contributed by atoms with E-state index >= 15 is 0 Å². The molecule has 1 heterocycles. The summed E-state index contributed by atoms with van der Waals surface area (Å²) in [4.78, 5) is 10.8. The Hall–Kier alpha value is -1.45. The minimum atomic E-state index is -3.92. The van der Waals surface area contributed by atoms with Crippen molar-refractivity contribution in [3.05, 3.63) is 17.5 Å². The number of carboxylic acid groups (broad SMARTS) is 1. The molecule has 0 fully saturated rings. The highest BCUT2D eigenvalue weighted by Gasteiger charge is 2.28. The maximum absolute atomic E-state index is 11.7. The van der Waals surface area contributed by atoms with Gasteiger partial charge in [-0.1, -0.05) is 5.16 Å². The van der Waals surface area contributed by atoms with Crippen LogP contribution < -0.4 is 4.72 Å². The zero-order valence-electron chi connectivity index (χ0n) is 9.82. The van der Waals surface area contributed by atoms with Crippen LogP contribution >= 0.6 is 0 Å². The summed E-state index contributed by atoms with van der Waals surface area (Å²) >= 11 is 0. The Morgan fingerprint density at radius 2 is 2.22 bits per heavy atom. The van der Waals surface area contributed by atoms with Gasteiger partial charge in [-0.15, -0.1) is 0 Å². The van der Waals surface area contributed by atoms with Crippen LogP contribution in [0.3, 0.4) is 0 Å². The molecule has 0 bridgehead atoms. The van der Waals surface area contributed by atoms with E-state index in [0.717, 1.165) is 0 Å². The Kier molecular flexibility index (Phi) is 4.43. The largest absolute Gasteiger partial charge is 0.480 e. The number of sulfonamides is 1. The lowest BCUT2D eigenvalue weighted by Crippen LogP contribution is -2.47. The van der Waals surface area contributed by atoms with Crippen LogP contribution in [-0.4, -0.2) is 41.9 Å². The summed E-state index contributed by atoms with van der Waals surface area (Å²) in [6.45, 7) is 2.79. The van der Waals surface area contributed by atoms with Crippen molar-refractivity contribution in [3.8, 4) is 0 Å². The summed E-state index contributed by atoms with van der Waals surface area (Å²) in [5.74, 6) is -1.52. The fourth-order valence-electron chi connectivity index (χ4n) is 1.27. The topological polar surface area (TPSA) is 130 Å². The highest BCUT2D eigenvalue weighted by atomic mass is 32.2. The third-order valence-corrected chi connectivity index (χ3v) is 3.36. The number of nitrogens with zero attached hydrogens (tertiary/aromatic N) is 1. The SMILES string of the molecule is Cc1cc(CS(=O)(=O)N[C@H](C(=O)O)[C@@H](C)O)no1. The molecule has 1 aromatic heterocycles. The summed E-state index contributed by atoms with van der Waals surface area (Å²) in [7, 11) is -3.92. The minimum Gasteiger partial charge on any atom is -0.480 e. The molecule has 0 aliphatic heterocycles. The van der Waals surface area contributed by atoms with Crippen LogP contribution in [0.2, 0.25) is 0 Å². The molecule has 1 aromatic rings. The number of aliphatic hydroxyl groups excluding tert-OH is 1. The predicted octanol–water partition coefficient (Wildman–Crippen LogP) is -0.764. The Balaban J connectivity index is 2.78. The van der Waals surface area contributed by atoms with Crippen LogP contribution in [0.5, 0.6) is 0 Å². The smallest absolute Gasteiger partial charge is 0.324 e. The molecule has 2 atom stereocenters. The van der Waals surface area contributed by atoms with Gasteiger partial charge >= 0.3 is 5.97 Å². The molecule has 0 saturated heterocycles. The molecule has 0 unspecified atom stereocenters. The molecular weight excluding hydrogens is 264 g/mol. The second kappa shape index (κ2) is 5.46. The molecule has 0 amide bonds. The average Bonchev–Trinajstić information content (AvgIpc) is 2.58. The number of nitrogens with one attached hydrogen (secondary N) is 1. The van der Waals surface area contributed by atoms with E-state index in [9.17, 15) is 18.3 Å². The van der Waals surface area contributed by atoms with Gasteiger partial charge < -0.3 is 14.7 Å². The summed E-state index contributed by atoms with van der Waals surface area (Å²) in [6.07, 6.45) is -1.35. The number of aromatic nitrogens is 1. The Morgan fingerprint density at radius 3 is 2.61 bits per heavy atom. The second-order valence-corrected chi connectivity index (χ2v) is 5.62. The van der Waals surface area contributed by atoms with E-state index < -0.39 is 33.9 Å². The van der Waals surface area contributed by atoms with Gasteiger partial charge in [-0.2, -0.15) is 4.72 Å². The van der Waals surface area contributed by atoms with Gasteiger partial charge in [-0.25, -0.2) is 8.42 Å². The molecule has 3 N–H and O–H groups in total. The molecule has 0 saturated carbocycles. The van der Waals surface area contributed by atoms with Gasteiger partial charge in [0.1, 0.15) is 23.2 Å². The zero-order valence-corrected chi connectivity index (χ0v) is 10.6. The number of aliphatic hydroxyl groups is 1. The number of hydrogen-bond donors (Lipinski definition) is 3. The van der Waals surface area contributed by atoms with Crippen molar-refractivity contribution >= 4 is 16.0 Å². The molecule has 18 heavy (non-hydrogen) atoms. The molecule has 102 valence electrons. The first kappa shape index (κ1) is 14.6. The average molecular weight is 278 g/mol. The quantitative estimate of drug-likeness (QED) is 0.623. The highest BCUT2D eigenvalue weighted by molar-refractivity contribution is 7.88. The van der Waals surface area contributed by atoms with Gasteiger partial charge in [0.05, 0.1) is 6.10 Å². The number of hydrogen-bond acceptors (Lipinski definition) is 6. The lowest BCUT2D eigenvalue weighted by Gasteiger charge is -2.16. The first-order valence-corrected chi connectivity index (χ1v) is 6.69. The van der Waals surface area contributed by atoms with Crippen molar-refractivity contribution in [2.45, 2.75) is 31.7 Å². The molecule has 0 aliphatic rings. The van der Waals surface area contributed by atoms with E-state index in [2.05, 4.69) is 5.16 Å². The number of rotatable bonds is 6. The maximum Gasteiger partial charge on any atom is 0.324 e. The molecular formula is C9H14N2O6S. The van der Waals surface area contributed by atoms with Crippen molar-refractivity contribution < 1.29 is 27.9 Å². The van der Waals surface area contributed by atoms with E-state index in [1.54, 1.807) is 6.92 Å². The van der Waals surface area contributed by atoms with E-state index in [-0.39, 0.29) is 5.69 Å². The molecule has 9 heteroatoms. The standard InChI is InChI=1S/C9H14N2O6S/c1-5-3-7(10-17-5)4-18(15,16)11-8(6(2)12)9(13)14/h3,6,8,11-12H,4H2,1-2H3,(H,13,14)/t6-,8+/m1/s1. The monoisotopic (exact) mass is 278 g/mol. The van der Waals surface area contributed by atoms with Gasteiger partial charge in [0.25, 0.3) is 0 Å².